The lowest BCUT2D eigenvalue weighted by atomic mass is 9.90. The normalized spacial score (nSPS) is 23.4. The van der Waals surface area contributed by atoms with Gasteiger partial charge in [-0.25, -0.2) is 4.98 Å². The minimum Gasteiger partial charge on any atom is -0.298 e. The smallest absolute Gasteiger partial charge is 0.146 e. The lowest BCUT2D eigenvalue weighted by molar-refractivity contribution is -0.120. The third-order valence-corrected chi connectivity index (χ3v) is 7.17. The predicted octanol–water partition coefficient (Wildman–Crippen LogP) is 5.41. The summed E-state index contributed by atoms with van der Waals surface area (Å²) in [6.45, 7) is 2.20. The van der Waals surface area contributed by atoms with Crippen molar-refractivity contribution in [2.45, 2.75) is 55.2 Å². The van der Waals surface area contributed by atoms with E-state index in [4.69, 9.17) is 4.98 Å². The minimum absolute atomic E-state index is 0.0611. The summed E-state index contributed by atoms with van der Waals surface area (Å²) in [5.41, 5.74) is 2.69. The molecule has 0 N–H and O–H groups in total. The first-order chi connectivity index (χ1) is 12.2. The molecule has 4 rings (SSSR count). The van der Waals surface area contributed by atoms with Gasteiger partial charge in [-0.05, 0) is 49.1 Å². The van der Waals surface area contributed by atoms with Crippen LogP contribution < -0.4 is 0 Å². The lowest BCUT2D eigenvalue weighted by Gasteiger charge is -2.25. The molecule has 2 aliphatic rings. The summed E-state index contributed by atoms with van der Waals surface area (Å²) in [6.07, 6.45) is 4.87. The Bertz CT molecular complexity index is 834. The number of thioether (sulfide) groups is 1. The molecule has 2 aromatic rings. The topological polar surface area (TPSA) is 53.8 Å². The number of carbonyl (C=O) groups is 1. The highest BCUT2D eigenvalue weighted by molar-refractivity contribution is 8.00. The maximum atomic E-state index is 12.4. The van der Waals surface area contributed by atoms with Crippen LogP contribution in [0.5, 0.6) is 0 Å². The Morgan fingerprint density at radius 1 is 1.36 bits per heavy atom. The monoisotopic (exact) mass is 368 g/mol. The molecular weight excluding hydrogens is 348 g/mol. The lowest BCUT2D eigenvalue weighted by Crippen LogP contribution is -2.26. The molecule has 2 aliphatic carbocycles. The third kappa shape index (κ3) is 3.51. The maximum Gasteiger partial charge on any atom is 0.146 e. The number of rotatable bonds is 4. The Morgan fingerprint density at radius 2 is 2.20 bits per heavy atom. The van der Waals surface area contributed by atoms with E-state index in [0.29, 0.717) is 29.6 Å². The molecule has 2 atom stereocenters. The average Bonchev–Trinajstić information content (AvgIpc) is 3.32. The molecule has 0 spiro atoms. The van der Waals surface area contributed by atoms with Crippen LogP contribution in [-0.4, -0.2) is 16.0 Å². The van der Waals surface area contributed by atoms with Crippen LogP contribution in [0.3, 0.4) is 0 Å². The number of thiophene rings is 1. The molecule has 0 aliphatic heterocycles. The second kappa shape index (κ2) is 6.93. The SMILES string of the molecule is CC1CCC(=O)C(Sc2nc(C3CC3)cc(-c3cccs3)c2C#N)C1. The summed E-state index contributed by atoms with van der Waals surface area (Å²) in [5, 5.41) is 12.5. The van der Waals surface area contributed by atoms with Gasteiger partial charge in [-0.15, -0.1) is 11.3 Å². The molecular formula is C20H20N2OS2. The Labute approximate surface area is 156 Å². The van der Waals surface area contributed by atoms with Gasteiger partial charge in [-0.2, -0.15) is 5.26 Å². The van der Waals surface area contributed by atoms with Gasteiger partial charge in [0.25, 0.3) is 0 Å². The molecule has 2 heterocycles. The van der Waals surface area contributed by atoms with E-state index in [1.54, 1.807) is 11.3 Å². The zero-order valence-corrected chi connectivity index (χ0v) is 15.8. The van der Waals surface area contributed by atoms with Gasteiger partial charge in [0, 0.05) is 28.5 Å². The van der Waals surface area contributed by atoms with Crippen molar-refractivity contribution in [3.8, 4) is 16.5 Å². The molecule has 0 amide bonds. The van der Waals surface area contributed by atoms with Crippen LogP contribution in [-0.2, 0) is 4.79 Å². The highest BCUT2D eigenvalue weighted by atomic mass is 32.2. The largest absolute Gasteiger partial charge is 0.298 e. The zero-order chi connectivity index (χ0) is 17.4. The summed E-state index contributed by atoms with van der Waals surface area (Å²) in [4.78, 5) is 18.3. The van der Waals surface area contributed by atoms with Crippen molar-refractivity contribution in [3.05, 3.63) is 34.8 Å². The van der Waals surface area contributed by atoms with E-state index in [1.807, 2.05) is 11.4 Å². The van der Waals surface area contributed by atoms with Gasteiger partial charge in [0.1, 0.15) is 16.9 Å². The second-order valence-corrected chi connectivity index (χ2v) is 9.23. The van der Waals surface area contributed by atoms with Gasteiger partial charge in [-0.3, -0.25) is 4.79 Å². The molecule has 2 fully saturated rings. The molecule has 2 saturated carbocycles. The number of nitrogens with zero attached hydrogens (tertiary/aromatic N) is 2. The van der Waals surface area contributed by atoms with Gasteiger partial charge in [0.15, 0.2) is 0 Å². The molecule has 128 valence electrons. The van der Waals surface area contributed by atoms with Crippen molar-refractivity contribution in [1.29, 1.82) is 5.26 Å². The number of ketones is 1. The fourth-order valence-corrected chi connectivity index (χ4v) is 5.49. The van der Waals surface area contributed by atoms with E-state index in [9.17, 15) is 10.1 Å². The van der Waals surface area contributed by atoms with E-state index in [-0.39, 0.29) is 5.25 Å². The molecule has 5 heteroatoms. The number of nitriles is 1. The molecule has 0 saturated heterocycles. The Morgan fingerprint density at radius 3 is 2.88 bits per heavy atom. The quantitative estimate of drug-likeness (QED) is 0.724. The summed E-state index contributed by atoms with van der Waals surface area (Å²) >= 11 is 3.17. The average molecular weight is 369 g/mol. The van der Waals surface area contributed by atoms with E-state index in [0.717, 1.165) is 34.0 Å². The molecule has 25 heavy (non-hydrogen) atoms. The van der Waals surface area contributed by atoms with Crippen LogP contribution in [0.15, 0.2) is 28.6 Å². The molecule has 0 aromatic carbocycles. The number of pyridine rings is 1. The van der Waals surface area contributed by atoms with Crippen LogP contribution in [0, 0.1) is 17.2 Å². The van der Waals surface area contributed by atoms with Gasteiger partial charge < -0.3 is 0 Å². The fraction of sp³-hybridized carbons (Fsp3) is 0.450. The van der Waals surface area contributed by atoms with Gasteiger partial charge in [-0.1, -0.05) is 24.8 Å². The number of hydrogen-bond acceptors (Lipinski definition) is 5. The highest BCUT2D eigenvalue weighted by Crippen LogP contribution is 2.44. The number of aromatic nitrogens is 1. The van der Waals surface area contributed by atoms with Crippen LogP contribution in [0.2, 0.25) is 0 Å². The Kier molecular flexibility index (Phi) is 4.66. The predicted molar refractivity (Wildman–Crippen MR) is 102 cm³/mol. The van der Waals surface area contributed by atoms with Crippen molar-refractivity contribution < 1.29 is 4.79 Å². The zero-order valence-electron chi connectivity index (χ0n) is 14.2. The van der Waals surface area contributed by atoms with Crippen molar-refractivity contribution in [3.63, 3.8) is 0 Å². The van der Waals surface area contributed by atoms with E-state index < -0.39 is 0 Å². The van der Waals surface area contributed by atoms with Gasteiger partial charge >= 0.3 is 0 Å². The molecule has 0 bridgehead atoms. The molecule has 0 radical (unpaired) electrons. The van der Waals surface area contributed by atoms with Crippen LogP contribution >= 0.6 is 23.1 Å². The van der Waals surface area contributed by atoms with E-state index in [2.05, 4.69) is 25.1 Å². The minimum atomic E-state index is -0.0611. The maximum absolute atomic E-state index is 12.4. The van der Waals surface area contributed by atoms with Gasteiger partial charge in [0.2, 0.25) is 0 Å². The van der Waals surface area contributed by atoms with E-state index >= 15 is 0 Å². The summed E-state index contributed by atoms with van der Waals surface area (Å²) in [7, 11) is 0. The standard InChI is InChI=1S/C20H20N2OS2/c1-12-4-7-17(23)19(9-12)25-20-15(11-21)14(18-3-2-8-24-18)10-16(22-20)13-5-6-13/h2-3,8,10,12-13,19H,4-7,9H2,1H3. The first kappa shape index (κ1) is 16.8. The first-order valence-corrected chi connectivity index (χ1v) is 10.6. The van der Waals surface area contributed by atoms with Crippen molar-refractivity contribution in [2.24, 2.45) is 5.92 Å². The van der Waals surface area contributed by atoms with E-state index in [1.165, 1.54) is 24.6 Å². The molecule has 3 nitrogen and oxygen atoms in total. The van der Waals surface area contributed by atoms with Gasteiger partial charge in [0.05, 0.1) is 10.8 Å². The van der Waals surface area contributed by atoms with Crippen molar-refractivity contribution >= 4 is 28.9 Å². The second-order valence-electron chi connectivity index (χ2n) is 7.09. The van der Waals surface area contributed by atoms with Crippen molar-refractivity contribution in [1.82, 2.24) is 4.98 Å². The number of hydrogen-bond donors (Lipinski definition) is 0. The highest BCUT2D eigenvalue weighted by Gasteiger charge is 2.31. The first-order valence-electron chi connectivity index (χ1n) is 8.84. The summed E-state index contributed by atoms with van der Waals surface area (Å²) in [5.74, 6) is 1.39. The molecule has 2 unspecified atom stereocenters. The van der Waals surface area contributed by atoms with Crippen LogP contribution in [0.4, 0.5) is 0 Å². The summed E-state index contributed by atoms with van der Waals surface area (Å²) in [6, 6.07) is 8.53. The molecule has 2 aromatic heterocycles. The third-order valence-electron chi connectivity index (χ3n) is 5.01. The number of carbonyl (C=O) groups excluding carboxylic acids is 1. The Balaban J connectivity index is 1.75. The number of Topliss-reactive ketones (excluding diaryl/α,β-unsaturated/α-hetero) is 1. The van der Waals surface area contributed by atoms with Crippen molar-refractivity contribution in [2.75, 3.05) is 0 Å². The van der Waals surface area contributed by atoms with Crippen LogP contribution in [0.1, 0.15) is 56.2 Å². The fourth-order valence-electron chi connectivity index (χ4n) is 3.36. The summed E-state index contributed by atoms with van der Waals surface area (Å²) < 4.78 is 0. The van der Waals surface area contributed by atoms with Crippen LogP contribution in [0.25, 0.3) is 10.4 Å². The Hall–Kier alpha value is -1.64.